The van der Waals surface area contributed by atoms with Crippen molar-refractivity contribution in [2.24, 2.45) is 5.73 Å². The molecule has 1 unspecified atom stereocenters. The van der Waals surface area contributed by atoms with Crippen LogP contribution >= 0.6 is 0 Å². The standard InChI is InChI=1S/C14H19N3O2/c1-2-4-13(15)14(18)17-8-6-16(7-9-17)11-12-5-3-10-19-12/h1,3,5,10,13H,4,6-9,11,15H2. The van der Waals surface area contributed by atoms with E-state index in [1.165, 1.54) is 0 Å². The highest BCUT2D eigenvalue weighted by molar-refractivity contribution is 5.82. The highest BCUT2D eigenvalue weighted by atomic mass is 16.3. The average molecular weight is 261 g/mol. The lowest BCUT2D eigenvalue weighted by Gasteiger charge is -2.35. The van der Waals surface area contributed by atoms with Crippen molar-refractivity contribution in [1.29, 1.82) is 0 Å². The fourth-order valence-electron chi connectivity index (χ4n) is 2.20. The van der Waals surface area contributed by atoms with Crippen molar-refractivity contribution in [3.8, 4) is 12.3 Å². The zero-order valence-electron chi connectivity index (χ0n) is 10.9. The Kier molecular flexibility index (Phi) is 4.61. The van der Waals surface area contributed by atoms with E-state index in [2.05, 4.69) is 10.8 Å². The van der Waals surface area contributed by atoms with E-state index in [0.29, 0.717) is 19.5 Å². The summed E-state index contributed by atoms with van der Waals surface area (Å²) in [5.74, 6) is 3.33. The molecule has 0 spiro atoms. The number of piperazine rings is 1. The van der Waals surface area contributed by atoms with Crippen LogP contribution in [-0.2, 0) is 11.3 Å². The number of amides is 1. The molecule has 5 heteroatoms. The van der Waals surface area contributed by atoms with Crippen molar-refractivity contribution in [2.45, 2.75) is 19.0 Å². The van der Waals surface area contributed by atoms with Gasteiger partial charge in [-0.25, -0.2) is 0 Å². The molecule has 1 atom stereocenters. The predicted molar refractivity (Wildman–Crippen MR) is 72.0 cm³/mol. The molecule has 5 nitrogen and oxygen atoms in total. The first kappa shape index (κ1) is 13.7. The van der Waals surface area contributed by atoms with E-state index >= 15 is 0 Å². The first-order chi connectivity index (χ1) is 9.20. The number of carbonyl (C=O) groups excluding carboxylic acids is 1. The van der Waals surface area contributed by atoms with E-state index in [0.717, 1.165) is 25.4 Å². The van der Waals surface area contributed by atoms with E-state index in [9.17, 15) is 4.79 Å². The summed E-state index contributed by atoms with van der Waals surface area (Å²) < 4.78 is 5.32. The maximum absolute atomic E-state index is 12.0. The summed E-state index contributed by atoms with van der Waals surface area (Å²) in [5.41, 5.74) is 5.74. The van der Waals surface area contributed by atoms with Crippen LogP contribution in [0.15, 0.2) is 22.8 Å². The summed E-state index contributed by atoms with van der Waals surface area (Å²) in [7, 11) is 0. The van der Waals surface area contributed by atoms with Crippen molar-refractivity contribution in [2.75, 3.05) is 26.2 Å². The molecule has 1 aromatic heterocycles. The molecule has 1 saturated heterocycles. The molecular weight excluding hydrogens is 242 g/mol. The highest BCUT2D eigenvalue weighted by Crippen LogP contribution is 2.10. The second kappa shape index (κ2) is 6.41. The molecule has 2 N–H and O–H groups in total. The largest absolute Gasteiger partial charge is 0.468 e. The SMILES string of the molecule is C#CCC(N)C(=O)N1CCN(Cc2ccco2)CC1. The number of terminal acetylenes is 1. The van der Waals surface area contributed by atoms with Gasteiger partial charge in [0.1, 0.15) is 5.76 Å². The molecule has 1 aliphatic heterocycles. The lowest BCUT2D eigenvalue weighted by atomic mass is 10.2. The van der Waals surface area contributed by atoms with Crippen LogP contribution < -0.4 is 5.73 Å². The first-order valence-corrected chi connectivity index (χ1v) is 6.43. The lowest BCUT2D eigenvalue weighted by Crippen LogP contribution is -2.52. The van der Waals surface area contributed by atoms with E-state index in [1.54, 1.807) is 11.2 Å². The summed E-state index contributed by atoms with van der Waals surface area (Å²) in [6, 6.07) is 3.27. The van der Waals surface area contributed by atoms with Gasteiger partial charge in [-0.1, -0.05) is 0 Å². The average Bonchev–Trinajstić information content (AvgIpc) is 2.92. The number of rotatable bonds is 4. The zero-order chi connectivity index (χ0) is 13.7. The Morgan fingerprint density at radius 3 is 2.79 bits per heavy atom. The molecule has 19 heavy (non-hydrogen) atoms. The number of nitrogens with two attached hydrogens (primary N) is 1. The second-order valence-electron chi connectivity index (χ2n) is 4.70. The van der Waals surface area contributed by atoms with Gasteiger partial charge in [0.25, 0.3) is 0 Å². The van der Waals surface area contributed by atoms with Crippen LogP contribution in [0.1, 0.15) is 12.2 Å². The fraction of sp³-hybridized carbons (Fsp3) is 0.500. The molecule has 2 rings (SSSR count). The van der Waals surface area contributed by atoms with Gasteiger partial charge < -0.3 is 15.1 Å². The van der Waals surface area contributed by atoms with E-state index in [4.69, 9.17) is 16.6 Å². The molecule has 0 aliphatic carbocycles. The lowest BCUT2D eigenvalue weighted by molar-refractivity contribution is -0.134. The maximum atomic E-state index is 12.0. The van der Waals surface area contributed by atoms with Crippen LogP contribution in [0, 0.1) is 12.3 Å². The van der Waals surface area contributed by atoms with Crippen molar-refractivity contribution >= 4 is 5.91 Å². The maximum Gasteiger partial charge on any atom is 0.240 e. The van der Waals surface area contributed by atoms with Crippen molar-refractivity contribution in [3.05, 3.63) is 24.2 Å². The Labute approximate surface area is 113 Å². The van der Waals surface area contributed by atoms with E-state index < -0.39 is 6.04 Å². The smallest absolute Gasteiger partial charge is 0.240 e. The third-order valence-electron chi connectivity index (χ3n) is 3.30. The number of carbonyl (C=O) groups is 1. The molecular formula is C14H19N3O2. The van der Waals surface area contributed by atoms with Crippen LogP contribution in [0.25, 0.3) is 0 Å². The molecule has 0 aromatic carbocycles. The van der Waals surface area contributed by atoms with Gasteiger partial charge in [0.05, 0.1) is 18.8 Å². The van der Waals surface area contributed by atoms with Gasteiger partial charge in [0.2, 0.25) is 5.91 Å². The van der Waals surface area contributed by atoms with Gasteiger partial charge in [0.15, 0.2) is 0 Å². The fourth-order valence-corrected chi connectivity index (χ4v) is 2.20. The molecule has 1 fully saturated rings. The molecule has 1 aliphatic rings. The van der Waals surface area contributed by atoms with Crippen molar-refractivity contribution in [1.82, 2.24) is 9.80 Å². The Morgan fingerprint density at radius 1 is 1.47 bits per heavy atom. The van der Waals surface area contributed by atoms with Gasteiger partial charge in [0, 0.05) is 32.6 Å². The van der Waals surface area contributed by atoms with E-state index in [-0.39, 0.29) is 5.91 Å². The summed E-state index contributed by atoms with van der Waals surface area (Å²) in [4.78, 5) is 16.0. The molecule has 102 valence electrons. The van der Waals surface area contributed by atoms with Crippen molar-refractivity contribution in [3.63, 3.8) is 0 Å². The van der Waals surface area contributed by atoms with E-state index in [1.807, 2.05) is 12.1 Å². The topological polar surface area (TPSA) is 62.7 Å². The Hall–Kier alpha value is -1.77. The van der Waals surface area contributed by atoms with Gasteiger partial charge in [-0.05, 0) is 12.1 Å². The minimum atomic E-state index is -0.568. The van der Waals surface area contributed by atoms with Crippen LogP contribution in [0.5, 0.6) is 0 Å². The van der Waals surface area contributed by atoms with Gasteiger partial charge >= 0.3 is 0 Å². The Balaban J connectivity index is 1.79. The minimum absolute atomic E-state index is 0.0457. The summed E-state index contributed by atoms with van der Waals surface area (Å²) in [6.07, 6.45) is 7.15. The van der Waals surface area contributed by atoms with Crippen LogP contribution in [0.3, 0.4) is 0 Å². The second-order valence-corrected chi connectivity index (χ2v) is 4.70. The first-order valence-electron chi connectivity index (χ1n) is 6.43. The number of nitrogens with zero attached hydrogens (tertiary/aromatic N) is 2. The number of furan rings is 1. The Morgan fingerprint density at radius 2 is 2.21 bits per heavy atom. The molecule has 2 heterocycles. The molecule has 1 amide bonds. The van der Waals surface area contributed by atoms with Gasteiger partial charge in [-0.15, -0.1) is 12.3 Å². The van der Waals surface area contributed by atoms with Crippen LogP contribution in [0.2, 0.25) is 0 Å². The normalized spacial score (nSPS) is 18.0. The third-order valence-corrected chi connectivity index (χ3v) is 3.30. The number of hydrogen-bond donors (Lipinski definition) is 1. The van der Waals surface area contributed by atoms with Gasteiger partial charge in [-0.3, -0.25) is 9.69 Å². The molecule has 0 radical (unpaired) electrons. The van der Waals surface area contributed by atoms with Crippen molar-refractivity contribution < 1.29 is 9.21 Å². The monoisotopic (exact) mass is 261 g/mol. The van der Waals surface area contributed by atoms with Crippen LogP contribution in [-0.4, -0.2) is 47.9 Å². The molecule has 0 bridgehead atoms. The summed E-state index contributed by atoms with van der Waals surface area (Å²) in [6.45, 7) is 3.82. The number of hydrogen-bond acceptors (Lipinski definition) is 4. The predicted octanol–water partition coefficient (Wildman–Crippen LogP) is 0.274. The Bertz CT molecular complexity index is 442. The summed E-state index contributed by atoms with van der Waals surface area (Å²) >= 11 is 0. The minimum Gasteiger partial charge on any atom is -0.468 e. The van der Waals surface area contributed by atoms with Crippen LogP contribution in [0.4, 0.5) is 0 Å². The quantitative estimate of drug-likeness (QED) is 0.791. The van der Waals surface area contributed by atoms with Gasteiger partial charge in [-0.2, -0.15) is 0 Å². The summed E-state index contributed by atoms with van der Waals surface area (Å²) in [5, 5.41) is 0. The zero-order valence-corrected chi connectivity index (χ0v) is 10.9. The molecule has 1 aromatic rings. The molecule has 0 saturated carbocycles. The third kappa shape index (κ3) is 3.60. The highest BCUT2D eigenvalue weighted by Gasteiger charge is 2.24.